The minimum atomic E-state index is -1.17. The zero-order valence-corrected chi connectivity index (χ0v) is 14.3. The number of anilines is 1. The van der Waals surface area contributed by atoms with Gasteiger partial charge < -0.3 is 15.2 Å². The number of carbonyl (C=O) groups excluding carboxylic acids is 2. The summed E-state index contributed by atoms with van der Waals surface area (Å²) in [6.45, 7) is 0. The third-order valence-electron chi connectivity index (χ3n) is 3.10. The number of carboxylic acid groups (broad SMARTS) is 1. The fraction of sp³-hybridized carbons (Fsp3) is 0.0625. The Hall–Kier alpha value is -2.77. The van der Waals surface area contributed by atoms with Crippen molar-refractivity contribution in [3.63, 3.8) is 0 Å². The monoisotopic (exact) mass is 382 g/mol. The zero-order valence-electron chi connectivity index (χ0n) is 12.8. The van der Waals surface area contributed by atoms with Crippen LogP contribution in [-0.4, -0.2) is 30.1 Å². The lowest BCUT2D eigenvalue weighted by molar-refractivity contribution is 0.0696. The van der Waals surface area contributed by atoms with Crippen LogP contribution in [0.1, 0.15) is 20.7 Å². The van der Waals surface area contributed by atoms with E-state index in [0.717, 1.165) is 0 Å². The number of urea groups is 1. The van der Waals surface area contributed by atoms with Crippen molar-refractivity contribution in [2.75, 3.05) is 12.4 Å². The van der Waals surface area contributed by atoms with Crippen LogP contribution in [0.15, 0.2) is 36.4 Å². The fourth-order valence-corrected chi connectivity index (χ4v) is 2.43. The number of imide groups is 1. The van der Waals surface area contributed by atoms with Gasteiger partial charge in [0, 0.05) is 5.02 Å². The summed E-state index contributed by atoms with van der Waals surface area (Å²) in [6.07, 6.45) is 0. The van der Waals surface area contributed by atoms with Gasteiger partial charge in [-0.15, -0.1) is 0 Å². The zero-order chi connectivity index (χ0) is 18.6. The van der Waals surface area contributed by atoms with Crippen molar-refractivity contribution >= 4 is 46.8 Å². The van der Waals surface area contributed by atoms with Gasteiger partial charge in [0.15, 0.2) is 0 Å². The van der Waals surface area contributed by atoms with Crippen molar-refractivity contribution in [2.45, 2.75) is 0 Å². The predicted octanol–water partition coefficient (Wildman–Crippen LogP) is 3.66. The molecule has 0 aliphatic carbocycles. The highest BCUT2D eigenvalue weighted by Crippen LogP contribution is 2.25. The van der Waals surface area contributed by atoms with Crippen LogP contribution in [0.25, 0.3) is 0 Å². The normalized spacial score (nSPS) is 10.0. The van der Waals surface area contributed by atoms with Crippen molar-refractivity contribution in [2.24, 2.45) is 0 Å². The van der Waals surface area contributed by atoms with E-state index >= 15 is 0 Å². The van der Waals surface area contributed by atoms with Crippen LogP contribution >= 0.6 is 23.2 Å². The summed E-state index contributed by atoms with van der Waals surface area (Å²) in [4.78, 5) is 35.1. The summed E-state index contributed by atoms with van der Waals surface area (Å²) in [5.41, 5.74) is 0.102. The van der Waals surface area contributed by atoms with E-state index in [0.29, 0.717) is 5.02 Å². The van der Waals surface area contributed by atoms with Crippen LogP contribution in [0.5, 0.6) is 5.75 Å². The van der Waals surface area contributed by atoms with Crippen molar-refractivity contribution in [3.8, 4) is 5.75 Å². The summed E-state index contributed by atoms with van der Waals surface area (Å²) in [6, 6.07) is 7.24. The van der Waals surface area contributed by atoms with Crippen LogP contribution in [0.2, 0.25) is 10.0 Å². The maximum absolute atomic E-state index is 12.1. The first-order valence-electron chi connectivity index (χ1n) is 6.80. The molecule has 2 aromatic carbocycles. The standard InChI is InChI=1S/C16H12Cl2N2O5/c1-25-13-5-2-8(15(22)23)6-12(13)19-16(24)20-14(21)10-4-3-9(17)7-11(10)18/h2-7H,1H3,(H,22,23)(H2,19,20,21,24). The molecule has 0 radical (unpaired) electrons. The first-order valence-corrected chi connectivity index (χ1v) is 7.56. The van der Waals surface area contributed by atoms with Crippen LogP contribution in [-0.2, 0) is 0 Å². The van der Waals surface area contributed by atoms with Crippen molar-refractivity contribution in [1.82, 2.24) is 5.32 Å². The summed E-state index contributed by atoms with van der Waals surface area (Å²) < 4.78 is 5.05. The molecule has 2 rings (SSSR count). The highest BCUT2D eigenvalue weighted by atomic mass is 35.5. The average molecular weight is 383 g/mol. The molecule has 0 fully saturated rings. The Bertz CT molecular complexity index is 854. The molecule has 3 N–H and O–H groups in total. The number of aromatic carboxylic acids is 1. The van der Waals surface area contributed by atoms with Gasteiger partial charge in [-0.2, -0.15) is 0 Å². The molecule has 130 valence electrons. The van der Waals surface area contributed by atoms with Crippen LogP contribution in [0.3, 0.4) is 0 Å². The molecule has 7 nitrogen and oxygen atoms in total. The number of benzene rings is 2. The fourth-order valence-electron chi connectivity index (χ4n) is 1.94. The van der Waals surface area contributed by atoms with E-state index in [1.54, 1.807) is 0 Å². The number of carboxylic acids is 1. The second kappa shape index (κ2) is 7.87. The molecule has 0 saturated heterocycles. The van der Waals surface area contributed by atoms with Gasteiger partial charge in [0.1, 0.15) is 5.75 Å². The number of hydrogen-bond acceptors (Lipinski definition) is 4. The minimum absolute atomic E-state index is 0.0526. The SMILES string of the molecule is COc1ccc(C(=O)O)cc1NC(=O)NC(=O)c1ccc(Cl)cc1Cl. The molecule has 0 bridgehead atoms. The Morgan fingerprint density at radius 2 is 1.80 bits per heavy atom. The number of ether oxygens (including phenoxy) is 1. The van der Waals surface area contributed by atoms with Crippen LogP contribution in [0, 0.1) is 0 Å². The summed E-state index contributed by atoms with van der Waals surface area (Å²) >= 11 is 11.7. The summed E-state index contributed by atoms with van der Waals surface area (Å²) in [7, 11) is 1.36. The van der Waals surface area contributed by atoms with E-state index in [9.17, 15) is 14.4 Å². The first-order chi connectivity index (χ1) is 11.8. The van der Waals surface area contributed by atoms with E-state index in [-0.39, 0.29) is 27.6 Å². The Balaban J connectivity index is 2.15. The van der Waals surface area contributed by atoms with Gasteiger partial charge in [-0.05, 0) is 36.4 Å². The van der Waals surface area contributed by atoms with Gasteiger partial charge in [-0.25, -0.2) is 9.59 Å². The van der Waals surface area contributed by atoms with E-state index in [1.807, 2.05) is 0 Å². The highest BCUT2D eigenvalue weighted by Gasteiger charge is 2.16. The lowest BCUT2D eigenvalue weighted by atomic mass is 10.2. The number of amides is 3. The molecule has 0 aliphatic heterocycles. The lowest BCUT2D eigenvalue weighted by Crippen LogP contribution is -2.34. The van der Waals surface area contributed by atoms with Gasteiger partial charge in [0.05, 0.1) is 28.9 Å². The third-order valence-corrected chi connectivity index (χ3v) is 3.65. The van der Waals surface area contributed by atoms with E-state index in [2.05, 4.69) is 10.6 Å². The van der Waals surface area contributed by atoms with Crippen molar-refractivity contribution < 1.29 is 24.2 Å². The number of halogens is 2. The third kappa shape index (κ3) is 4.62. The molecule has 0 spiro atoms. The Kier molecular flexibility index (Phi) is 5.84. The van der Waals surface area contributed by atoms with Crippen molar-refractivity contribution in [1.29, 1.82) is 0 Å². The maximum Gasteiger partial charge on any atom is 0.335 e. The Labute approximate surface area is 152 Å². The largest absolute Gasteiger partial charge is 0.495 e. The quantitative estimate of drug-likeness (QED) is 0.748. The van der Waals surface area contributed by atoms with Gasteiger partial charge in [-0.1, -0.05) is 23.2 Å². The van der Waals surface area contributed by atoms with E-state index in [1.165, 1.54) is 43.5 Å². The average Bonchev–Trinajstić information content (AvgIpc) is 2.54. The van der Waals surface area contributed by atoms with Gasteiger partial charge in [0.25, 0.3) is 5.91 Å². The predicted molar refractivity (Wildman–Crippen MR) is 92.9 cm³/mol. The molecule has 2 aromatic rings. The second-order valence-electron chi connectivity index (χ2n) is 4.75. The summed E-state index contributed by atoms with van der Waals surface area (Å²) in [5.74, 6) is -1.68. The molecular formula is C16H12Cl2N2O5. The molecule has 0 heterocycles. The van der Waals surface area contributed by atoms with Gasteiger partial charge >= 0.3 is 12.0 Å². The first kappa shape index (κ1) is 18.6. The lowest BCUT2D eigenvalue weighted by Gasteiger charge is -2.12. The Morgan fingerprint density at radius 3 is 2.40 bits per heavy atom. The molecule has 25 heavy (non-hydrogen) atoms. The van der Waals surface area contributed by atoms with Gasteiger partial charge in [0.2, 0.25) is 0 Å². The maximum atomic E-state index is 12.1. The molecule has 0 atom stereocenters. The molecule has 0 saturated carbocycles. The molecule has 0 aromatic heterocycles. The molecule has 9 heteroatoms. The topological polar surface area (TPSA) is 105 Å². The number of methoxy groups -OCH3 is 1. The minimum Gasteiger partial charge on any atom is -0.495 e. The molecule has 0 aliphatic rings. The second-order valence-corrected chi connectivity index (χ2v) is 5.60. The Morgan fingerprint density at radius 1 is 1.08 bits per heavy atom. The van der Waals surface area contributed by atoms with Crippen LogP contribution in [0.4, 0.5) is 10.5 Å². The molecule has 3 amide bonds. The molecule has 0 unspecified atom stereocenters. The van der Waals surface area contributed by atoms with E-state index in [4.69, 9.17) is 33.0 Å². The smallest absolute Gasteiger partial charge is 0.335 e. The highest BCUT2D eigenvalue weighted by molar-refractivity contribution is 6.37. The number of hydrogen-bond donors (Lipinski definition) is 3. The van der Waals surface area contributed by atoms with Gasteiger partial charge in [-0.3, -0.25) is 10.1 Å². The summed E-state index contributed by atoms with van der Waals surface area (Å²) in [5, 5.41) is 13.9. The molecular weight excluding hydrogens is 371 g/mol. The van der Waals surface area contributed by atoms with E-state index < -0.39 is 17.9 Å². The number of rotatable bonds is 4. The number of nitrogens with one attached hydrogen (secondary N) is 2. The number of carbonyl (C=O) groups is 3. The van der Waals surface area contributed by atoms with Crippen LogP contribution < -0.4 is 15.4 Å². The van der Waals surface area contributed by atoms with Crippen molar-refractivity contribution in [3.05, 3.63) is 57.6 Å².